The van der Waals surface area contributed by atoms with Crippen molar-refractivity contribution in [3.63, 3.8) is 0 Å². The van der Waals surface area contributed by atoms with E-state index in [-0.39, 0.29) is 31.0 Å². The molecule has 0 aliphatic carbocycles. The molecule has 39 heavy (non-hydrogen) atoms. The highest BCUT2D eigenvalue weighted by atomic mass is 35.5. The predicted octanol–water partition coefficient (Wildman–Crippen LogP) is 4.76. The smallest absolute Gasteiger partial charge is 0.322 e. The molecule has 11 heteroatoms. The summed E-state index contributed by atoms with van der Waals surface area (Å²) in [5.74, 6) is -1.12. The van der Waals surface area contributed by atoms with Gasteiger partial charge in [0.2, 0.25) is 15.9 Å². The van der Waals surface area contributed by atoms with Crippen LogP contribution >= 0.6 is 23.2 Å². The summed E-state index contributed by atoms with van der Waals surface area (Å²) in [5, 5.41) is 13.4. The lowest BCUT2D eigenvalue weighted by molar-refractivity contribution is -0.138. The van der Waals surface area contributed by atoms with Crippen LogP contribution in [0.3, 0.4) is 0 Å². The molecule has 0 saturated carbocycles. The first-order valence-corrected chi connectivity index (χ1v) is 14.7. The van der Waals surface area contributed by atoms with Crippen LogP contribution in [0.5, 0.6) is 5.75 Å². The van der Waals surface area contributed by atoms with Crippen LogP contribution in [0, 0.1) is 0 Å². The Morgan fingerprint density at radius 1 is 0.949 bits per heavy atom. The maximum Gasteiger partial charge on any atom is 0.322 e. The summed E-state index contributed by atoms with van der Waals surface area (Å²) < 4.78 is 32.1. The van der Waals surface area contributed by atoms with E-state index in [4.69, 9.17) is 27.9 Å². The van der Waals surface area contributed by atoms with Gasteiger partial charge in [-0.15, -0.1) is 0 Å². The van der Waals surface area contributed by atoms with Gasteiger partial charge < -0.3 is 15.2 Å². The van der Waals surface area contributed by atoms with Crippen LogP contribution in [0.25, 0.3) is 0 Å². The van der Waals surface area contributed by atoms with Gasteiger partial charge in [0.1, 0.15) is 18.4 Å². The summed E-state index contributed by atoms with van der Waals surface area (Å²) in [4.78, 5) is 24.2. The molecule has 208 valence electrons. The number of hydrogen-bond donors (Lipinski definition) is 3. The number of hydrogen-bond acceptors (Lipinski definition) is 5. The van der Waals surface area contributed by atoms with E-state index in [9.17, 15) is 23.1 Å². The molecule has 1 amide bonds. The van der Waals surface area contributed by atoms with Crippen molar-refractivity contribution >= 4 is 45.1 Å². The van der Waals surface area contributed by atoms with Gasteiger partial charge in [0.15, 0.2) is 0 Å². The molecule has 0 bridgehead atoms. The number of benzene rings is 3. The summed E-state index contributed by atoms with van der Waals surface area (Å²) in [5.41, 5.74) is 3.05. The second-order valence-electron chi connectivity index (χ2n) is 8.99. The Hall–Kier alpha value is -3.11. The lowest BCUT2D eigenvalue weighted by Gasteiger charge is -2.15. The number of ether oxygens (including phenoxy) is 1. The average Bonchev–Trinajstić information content (AvgIpc) is 2.87. The van der Waals surface area contributed by atoms with Crippen LogP contribution in [-0.4, -0.2) is 37.2 Å². The third-order valence-electron chi connectivity index (χ3n) is 5.68. The Kier molecular flexibility index (Phi) is 11.2. The van der Waals surface area contributed by atoms with Crippen molar-refractivity contribution in [2.24, 2.45) is 0 Å². The number of nitrogens with one attached hydrogen (secondary N) is 2. The number of carbonyl (C=O) groups is 2. The van der Waals surface area contributed by atoms with Crippen molar-refractivity contribution in [2.75, 3.05) is 5.75 Å². The molecule has 0 aliphatic heterocycles. The summed E-state index contributed by atoms with van der Waals surface area (Å²) in [6, 6.07) is 18.2. The zero-order chi connectivity index (χ0) is 28.4. The molecule has 0 fully saturated rings. The Morgan fingerprint density at radius 2 is 1.64 bits per heavy atom. The standard InChI is InChI=1S/C28H30Cl2N2O6S/c1-2-12-39(36,37)32-25(28(34)35)15-20-4-3-5-22(13-20)17-31-27(33)16-21-8-11-26(24(30)14-21)38-18-19-6-9-23(29)10-7-19/h3-11,13-14,25,32H,2,12,15-18H2,1H3,(H,31,33)(H,34,35). The van der Waals surface area contributed by atoms with Gasteiger partial charge in [-0.2, -0.15) is 0 Å². The molecular weight excluding hydrogens is 563 g/mol. The van der Waals surface area contributed by atoms with Crippen molar-refractivity contribution in [3.05, 3.63) is 99.0 Å². The largest absolute Gasteiger partial charge is 0.487 e. The molecule has 0 heterocycles. The number of amides is 1. The van der Waals surface area contributed by atoms with Crippen molar-refractivity contribution in [3.8, 4) is 5.75 Å². The minimum Gasteiger partial charge on any atom is -0.487 e. The number of sulfonamides is 1. The molecule has 3 N–H and O–H groups in total. The first-order chi connectivity index (χ1) is 18.5. The first kappa shape index (κ1) is 30.4. The molecular formula is C28H30Cl2N2O6S. The van der Waals surface area contributed by atoms with Crippen molar-refractivity contribution < 1.29 is 27.9 Å². The zero-order valence-corrected chi connectivity index (χ0v) is 23.7. The van der Waals surface area contributed by atoms with Crippen molar-refractivity contribution in [1.29, 1.82) is 0 Å². The summed E-state index contributed by atoms with van der Waals surface area (Å²) in [6.07, 6.45) is 0.466. The topological polar surface area (TPSA) is 122 Å². The normalized spacial score (nSPS) is 12.1. The Balaban J connectivity index is 1.53. The number of halogens is 2. The third-order valence-corrected chi connectivity index (χ3v) is 7.82. The van der Waals surface area contributed by atoms with E-state index >= 15 is 0 Å². The maximum atomic E-state index is 12.5. The zero-order valence-electron chi connectivity index (χ0n) is 21.3. The molecule has 0 radical (unpaired) electrons. The minimum atomic E-state index is -3.69. The second kappa shape index (κ2) is 14.3. The molecule has 1 unspecified atom stereocenters. The SMILES string of the molecule is CCCS(=O)(=O)NC(Cc1cccc(CNC(=O)Cc2ccc(OCc3ccc(Cl)cc3)c(Cl)c2)c1)C(=O)O. The molecule has 3 aromatic rings. The first-order valence-electron chi connectivity index (χ1n) is 12.3. The lowest BCUT2D eigenvalue weighted by atomic mass is 10.0. The molecule has 3 rings (SSSR count). The van der Waals surface area contributed by atoms with Crippen LogP contribution in [0.2, 0.25) is 10.0 Å². The Labute approximate surface area is 238 Å². The summed E-state index contributed by atoms with van der Waals surface area (Å²) >= 11 is 12.3. The summed E-state index contributed by atoms with van der Waals surface area (Å²) in [6.45, 7) is 2.25. The van der Waals surface area contributed by atoms with Crippen LogP contribution in [0.4, 0.5) is 0 Å². The summed E-state index contributed by atoms with van der Waals surface area (Å²) in [7, 11) is -3.69. The molecule has 1 atom stereocenters. The molecule has 0 aliphatic rings. The predicted molar refractivity (Wildman–Crippen MR) is 152 cm³/mol. The van der Waals surface area contributed by atoms with Crippen molar-refractivity contribution in [2.45, 2.75) is 45.4 Å². The number of aliphatic carboxylic acids is 1. The minimum absolute atomic E-state index is 0.0228. The highest BCUT2D eigenvalue weighted by Crippen LogP contribution is 2.27. The fourth-order valence-electron chi connectivity index (χ4n) is 3.79. The van der Waals surface area contributed by atoms with Gasteiger partial charge in [-0.05, 0) is 59.4 Å². The molecule has 0 aromatic heterocycles. The fraction of sp³-hybridized carbons (Fsp3) is 0.286. The maximum absolute atomic E-state index is 12.5. The van der Waals surface area contributed by atoms with E-state index in [1.54, 1.807) is 61.5 Å². The van der Waals surface area contributed by atoms with Crippen LogP contribution in [0.15, 0.2) is 66.7 Å². The molecule has 0 spiro atoms. The quantitative estimate of drug-likeness (QED) is 0.248. The fourth-order valence-corrected chi connectivity index (χ4v) is 5.44. The van der Waals surface area contributed by atoms with E-state index in [1.807, 2.05) is 12.1 Å². The van der Waals surface area contributed by atoms with E-state index < -0.39 is 22.0 Å². The Bertz CT molecular complexity index is 1400. The molecule has 3 aromatic carbocycles. The lowest BCUT2D eigenvalue weighted by Crippen LogP contribution is -2.43. The van der Waals surface area contributed by atoms with Gasteiger partial charge in [-0.1, -0.05) is 72.6 Å². The molecule has 8 nitrogen and oxygen atoms in total. The van der Waals surface area contributed by atoms with E-state index in [2.05, 4.69) is 10.0 Å². The van der Waals surface area contributed by atoms with Crippen LogP contribution in [0.1, 0.15) is 35.6 Å². The third kappa shape index (κ3) is 10.2. The van der Waals surface area contributed by atoms with Gasteiger partial charge in [-0.3, -0.25) is 9.59 Å². The van der Waals surface area contributed by atoms with Gasteiger partial charge >= 0.3 is 5.97 Å². The van der Waals surface area contributed by atoms with E-state index in [0.717, 1.165) is 11.1 Å². The van der Waals surface area contributed by atoms with Crippen LogP contribution in [-0.2, 0) is 45.6 Å². The Morgan fingerprint density at radius 3 is 2.31 bits per heavy atom. The van der Waals surface area contributed by atoms with E-state index in [1.165, 1.54) is 0 Å². The highest BCUT2D eigenvalue weighted by Gasteiger charge is 2.24. The number of carboxylic acids is 1. The monoisotopic (exact) mass is 592 g/mol. The van der Waals surface area contributed by atoms with E-state index in [0.29, 0.717) is 39.9 Å². The van der Waals surface area contributed by atoms with Crippen LogP contribution < -0.4 is 14.8 Å². The van der Waals surface area contributed by atoms with Crippen molar-refractivity contribution in [1.82, 2.24) is 10.0 Å². The number of rotatable bonds is 14. The second-order valence-corrected chi connectivity index (χ2v) is 11.7. The number of carboxylic acid groups (broad SMARTS) is 1. The van der Waals surface area contributed by atoms with Gasteiger partial charge in [-0.25, -0.2) is 13.1 Å². The molecule has 0 saturated heterocycles. The van der Waals surface area contributed by atoms with Gasteiger partial charge in [0.25, 0.3) is 0 Å². The van der Waals surface area contributed by atoms with Gasteiger partial charge in [0, 0.05) is 11.6 Å². The van der Waals surface area contributed by atoms with Gasteiger partial charge in [0.05, 0.1) is 17.2 Å². The number of carbonyl (C=O) groups excluding carboxylic acids is 1. The average molecular weight is 594 g/mol. The highest BCUT2D eigenvalue weighted by molar-refractivity contribution is 7.89.